The van der Waals surface area contributed by atoms with Gasteiger partial charge in [0.15, 0.2) is 0 Å². The van der Waals surface area contributed by atoms with Gasteiger partial charge < -0.3 is 9.72 Å². The van der Waals surface area contributed by atoms with Gasteiger partial charge in [-0.3, -0.25) is 9.48 Å². The summed E-state index contributed by atoms with van der Waals surface area (Å²) in [6, 6.07) is 5.27. The zero-order valence-electron chi connectivity index (χ0n) is 10.7. The number of aryl methyl sites for hydroxylation is 1. The van der Waals surface area contributed by atoms with Crippen LogP contribution in [0.1, 0.15) is 16.2 Å². The molecule has 0 aliphatic rings. The Morgan fingerprint density at radius 3 is 2.95 bits per heavy atom. The molecule has 0 bridgehead atoms. The molecule has 1 N–H and O–H groups in total. The summed E-state index contributed by atoms with van der Waals surface area (Å²) in [5.74, 6) is -0.180. The third-order valence-corrected chi connectivity index (χ3v) is 3.17. The lowest BCUT2D eigenvalue weighted by molar-refractivity contribution is 0.0941. The fourth-order valence-corrected chi connectivity index (χ4v) is 2.13. The van der Waals surface area contributed by atoms with Gasteiger partial charge in [-0.2, -0.15) is 5.10 Å². The first kappa shape index (κ1) is 12.7. The molecule has 0 unspecified atom stereocenters. The first-order chi connectivity index (χ1) is 9.63. The number of aromatic nitrogens is 4. The van der Waals surface area contributed by atoms with E-state index in [0.717, 1.165) is 11.3 Å². The number of nitrogens with zero attached hydrogens (tertiary/aromatic N) is 4. The Morgan fingerprint density at radius 2 is 2.20 bits per heavy atom. The molecule has 0 aliphatic heterocycles. The normalized spacial score (nSPS) is 10.9. The van der Waals surface area contributed by atoms with Crippen molar-refractivity contribution in [2.24, 2.45) is 7.05 Å². The van der Waals surface area contributed by atoms with E-state index in [0.29, 0.717) is 17.3 Å². The van der Waals surface area contributed by atoms with Crippen LogP contribution in [0, 0.1) is 0 Å². The Kier molecular flexibility index (Phi) is 3.15. The van der Waals surface area contributed by atoms with Crippen molar-refractivity contribution in [1.29, 1.82) is 0 Å². The summed E-state index contributed by atoms with van der Waals surface area (Å²) >= 11 is 5.91. The standard InChI is InChI=1S/C13H12ClN5O/c1-18-11(4-5-16-18)13(20)15-6-10-8-19-7-9(14)2-3-12(19)17-10/h2-5,7-8H,6H2,1H3,(H,15,20). The molecule has 20 heavy (non-hydrogen) atoms. The predicted molar refractivity (Wildman–Crippen MR) is 74.6 cm³/mol. The third-order valence-electron chi connectivity index (χ3n) is 2.95. The molecule has 0 radical (unpaired) electrons. The van der Waals surface area contributed by atoms with E-state index >= 15 is 0 Å². The van der Waals surface area contributed by atoms with Crippen LogP contribution in [-0.2, 0) is 13.6 Å². The van der Waals surface area contributed by atoms with E-state index in [1.54, 1.807) is 31.6 Å². The van der Waals surface area contributed by atoms with Crippen LogP contribution < -0.4 is 5.32 Å². The number of carbonyl (C=O) groups excluding carboxylic acids is 1. The van der Waals surface area contributed by atoms with Crippen LogP contribution in [0.2, 0.25) is 5.02 Å². The average molecular weight is 290 g/mol. The fraction of sp³-hybridized carbons (Fsp3) is 0.154. The van der Waals surface area contributed by atoms with Gasteiger partial charge in [0.05, 0.1) is 17.3 Å². The lowest BCUT2D eigenvalue weighted by Gasteiger charge is -2.02. The number of hydrogen-bond donors (Lipinski definition) is 1. The molecule has 3 heterocycles. The molecule has 0 saturated carbocycles. The minimum Gasteiger partial charge on any atom is -0.345 e. The Morgan fingerprint density at radius 1 is 1.35 bits per heavy atom. The van der Waals surface area contributed by atoms with Crippen LogP contribution in [0.4, 0.5) is 0 Å². The highest BCUT2D eigenvalue weighted by atomic mass is 35.5. The van der Waals surface area contributed by atoms with Gasteiger partial charge in [0.1, 0.15) is 11.3 Å². The SMILES string of the molecule is Cn1nccc1C(=O)NCc1cn2cc(Cl)ccc2n1. The molecule has 7 heteroatoms. The molecule has 3 aromatic heterocycles. The maximum atomic E-state index is 11.9. The molecule has 0 spiro atoms. The molecule has 3 rings (SSSR count). The monoisotopic (exact) mass is 289 g/mol. The van der Waals surface area contributed by atoms with Crippen LogP contribution in [0.3, 0.4) is 0 Å². The van der Waals surface area contributed by atoms with Crippen molar-refractivity contribution in [3.05, 3.63) is 53.2 Å². The highest BCUT2D eigenvalue weighted by molar-refractivity contribution is 6.30. The first-order valence-electron chi connectivity index (χ1n) is 6.03. The molecule has 1 amide bonds. The van der Waals surface area contributed by atoms with Gasteiger partial charge in [-0.25, -0.2) is 4.98 Å². The van der Waals surface area contributed by atoms with E-state index in [9.17, 15) is 4.79 Å². The number of pyridine rings is 1. The van der Waals surface area contributed by atoms with Crippen molar-refractivity contribution >= 4 is 23.2 Å². The minimum absolute atomic E-state index is 0.180. The van der Waals surface area contributed by atoms with Gasteiger partial charge in [0, 0.05) is 25.6 Å². The predicted octanol–water partition coefficient (Wildman–Crippen LogP) is 1.65. The molecule has 0 aliphatic carbocycles. The summed E-state index contributed by atoms with van der Waals surface area (Å²) in [5, 5.41) is 7.41. The Labute approximate surface area is 120 Å². The molecule has 102 valence electrons. The topological polar surface area (TPSA) is 64.2 Å². The summed E-state index contributed by atoms with van der Waals surface area (Å²) < 4.78 is 3.35. The molecule has 0 fully saturated rings. The van der Waals surface area contributed by atoms with Crippen molar-refractivity contribution in [1.82, 2.24) is 24.5 Å². The number of carbonyl (C=O) groups is 1. The maximum Gasteiger partial charge on any atom is 0.269 e. The van der Waals surface area contributed by atoms with Crippen molar-refractivity contribution in [2.75, 3.05) is 0 Å². The third kappa shape index (κ3) is 2.37. The van der Waals surface area contributed by atoms with Crippen LogP contribution in [0.25, 0.3) is 5.65 Å². The van der Waals surface area contributed by atoms with Gasteiger partial charge >= 0.3 is 0 Å². The highest BCUT2D eigenvalue weighted by Gasteiger charge is 2.10. The zero-order chi connectivity index (χ0) is 14.1. The van der Waals surface area contributed by atoms with Crippen molar-refractivity contribution in [2.45, 2.75) is 6.54 Å². The number of halogens is 1. The number of fused-ring (bicyclic) bond motifs is 1. The van der Waals surface area contributed by atoms with Gasteiger partial charge in [-0.1, -0.05) is 11.6 Å². The van der Waals surface area contributed by atoms with Crippen molar-refractivity contribution < 1.29 is 4.79 Å². The van der Waals surface area contributed by atoms with Crippen molar-refractivity contribution in [3.63, 3.8) is 0 Å². The lowest BCUT2D eigenvalue weighted by Crippen LogP contribution is -2.25. The van der Waals surface area contributed by atoms with Gasteiger partial charge in [-0.15, -0.1) is 0 Å². The Hall–Kier alpha value is -2.34. The minimum atomic E-state index is -0.180. The molecular weight excluding hydrogens is 278 g/mol. The van der Waals surface area contributed by atoms with Crippen LogP contribution >= 0.6 is 11.6 Å². The smallest absolute Gasteiger partial charge is 0.269 e. The molecule has 0 saturated heterocycles. The summed E-state index contributed by atoms with van der Waals surface area (Å²) in [6.45, 7) is 0.351. The van der Waals surface area contributed by atoms with Crippen LogP contribution in [0.5, 0.6) is 0 Å². The Bertz CT molecular complexity index is 776. The second-order valence-corrected chi connectivity index (χ2v) is 4.80. The number of rotatable bonds is 3. The molecule has 0 atom stereocenters. The number of imidazole rings is 1. The van der Waals surface area contributed by atoms with Crippen LogP contribution in [-0.4, -0.2) is 25.1 Å². The highest BCUT2D eigenvalue weighted by Crippen LogP contribution is 2.11. The number of hydrogen-bond acceptors (Lipinski definition) is 3. The largest absolute Gasteiger partial charge is 0.345 e. The molecule has 3 aromatic rings. The maximum absolute atomic E-state index is 11.9. The van der Waals surface area contributed by atoms with E-state index in [-0.39, 0.29) is 5.91 Å². The summed E-state index contributed by atoms with van der Waals surface area (Å²) in [5.41, 5.74) is 2.07. The summed E-state index contributed by atoms with van der Waals surface area (Å²) in [4.78, 5) is 16.3. The molecular formula is C13H12ClN5O. The number of nitrogens with one attached hydrogen (secondary N) is 1. The fourth-order valence-electron chi connectivity index (χ4n) is 1.96. The van der Waals surface area contributed by atoms with E-state index < -0.39 is 0 Å². The van der Waals surface area contributed by atoms with Gasteiger partial charge in [0.2, 0.25) is 0 Å². The van der Waals surface area contributed by atoms with E-state index in [1.165, 1.54) is 4.68 Å². The van der Waals surface area contributed by atoms with Crippen LogP contribution in [0.15, 0.2) is 36.8 Å². The summed E-state index contributed by atoms with van der Waals surface area (Å²) in [6.07, 6.45) is 5.20. The van der Waals surface area contributed by atoms with Crippen molar-refractivity contribution in [3.8, 4) is 0 Å². The molecule has 0 aromatic carbocycles. The quantitative estimate of drug-likeness (QED) is 0.797. The summed E-state index contributed by atoms with van der Waals surface area (Å²) in [7, 11) is 1.72. The van der Waals surface area contributed by atoms with E-state index in [4.69, 9.17) is 11.6 Å². The number of amides is 1. The Balaban J connectivity index is 1.74. The zero-order valence-corrected chi connectivity index (χ0v) is 11.5. The second kappa shape index (κ2) is 4.97. The second-order valence-electron chi connectivity index (χ2n) is 4.37. The average Bonchev–Trinajstić information content (AvgIpc) is 3.01. The van der Waals surface area contributed by atoms with Gasteiger partial charge in [-0.05, 0) is 18.2 Å². The lowest BCUT2D eigenvalue weighted by atomic mass is 10.4. The molecule has 6 nitrogen and oxygen atoms in total. The van der Waals surface area contributed by atoms with Gasteiger partial charge in [0.25, 0.3) is 5.91 Å². The van der Waals surface area contributed by atoms with E-state index in [2.05, 4.69) is 15.4 Å². The van der Waals surface area contributed by atoms with E-state index in [1.807, 2.05) is 16.7 Å². The first-order valence-corrected chi connectivity index (χ1v) is 6.40.